The summed E-state index contributed by atoms with van der Waals surface area (Å²) in [5.41, 5.74) is 8.36. The van der Waals surface area contributed by atoms with Gasteiger partial charge in [-0.2, -0.15) is 0 Å². The Morgan fingerprint density at radius 3 is 2.24 bits per heavy atom. The molecule has 0 fully saturated rings. The van der Waals surface area contributed by atoms with Crippen LogP contribution in [0.3, 0.4) is 0 Å². The van der Waals surface area contributed by atoms with E-state index in [0.717, 1.165) is 11.4 Å². The average Bonchev–Trinajstić information content (AvgIpc) is 2.33. The summed E-state index contributed by atoms with van der Waals surface area (Å²) in [4.78, 5) is 0. The summed E-state index contributed by atoms with van der Waals surface area (Å²) in [6, 6.07) is 17.4. The zero-order valence-corrected chi connectivity index (χ0v) is 9.48. The lowest BCUT2D eigenvalue weighted by atomic mass is 10.2. The van der Waals surface area contributed by atoms with Crippen molar-refractivity contribution in [2.24, 2.45) is 0 Å². The topological polar surface area (TPSA) is 50.1 Å². The number of nitrogens with two attached hydrogens (primary N) is 1. The van der Waals surface area contributed by atoms with Gasteiger partial charge in [0.15, 0.2) is 0 Å². The standard InChI is InChI=1S/C14H15N3/c1-11(16-12-7-3-2-4-8-12)17-14-10-6-5-9-13(14)15/h2-10,16-17H,1,15H2. The lowest BCUT2D eigenvalue weighted by Crippen LogP contribution is -2.09. The molecule has 17 heavy (non-hydrogen) atoms. The van der Waals surface area contributed by atoms with Crippen molar-refractivity contribution >= 4 is 17.1 Å². The molecule has 0 atom stereocenters. The molecule has 0 aliphatic rings. The van der Waals surface area contributed by atoms with Gasteiger partial charge in [0.2, 0.25) is 0 Å². The fourth-order valence-electron chi connectivity index (χ4n) is 1.50. The highest BCUT2D eigenvalue weighted by Gasteiger charge is 1.99. The van der Waals surface area contributed by atoms with Crippen LogP contribution in [0.2, 0.25) is 0 Å². The minimum atomic E-state index is 0.689. The summed E-state index contributed by atoms with van der Waals surface area (Å²) in [5.74, 6) is 0.689. The van der Waals surface area contributed by atoms with Crippen molar-refractivity contribution in [2.45, 2.75) is 0 Å². The molecule has 2 aromatic rings. The Morgan fingerprint density at radius 2 is 1.53 bits per heavy atom. The zero-order chi connectivity index (χ0) is 12.1. The molecule has 2 aromatic carbocycles. The number of hydrogen-bond donors (Lipinski definition) is 3. The average molecular weight is 225 g/mol. The van der Waals surface area contributed by atoms with Gasteiger partial charge in [-0.25, -0.2) is 0 Å². The summed E-state index contributed by atoms with van der Waals surface area (Å²) in [6.45, 7) is 3.91. The highest BCUT2D eigenvalue weighted by Crippen LogP contribution is 2.19. The molecule has 0 radical (unpaired) electrons. The molecular weight excluding hydrogens is 210 g/mol. The lowest BCUT2D eigenvalue weighted by Gasteiger charge is -2.13. The third-order valence-corrected chi connectivity index (χ3v) is 2.32. The molecule has 0 amide bonds. The van der Waals surface area contributed by atoms with Crippen molar-refractivity contribution in [2.75, 3.05) is 16.4 Å². The van der Waals surface area contributed by atoms with Crippen molar-refractivity contribution in [1.82, 2.24) is 0 Å². The van der Waals surface area contributed by atoms with Gasteiger partial charge in [-0.3, -0.25) is 0 Å². The van der Waals surface area contributed by atoms with Gasteiger partial charge in [-0.05, 0) is 24.3 Å². The first-order valence-corrected chi connectivity index (χ1v) is 5.38. The van der Waals surface area contributed by atoms with Gasteiger partial charge in [0.1, 0.15) is 5.82 Å². The number of nitrogens with one attached hydrogen (secondary N) is 2. The molecular formula is C14H15N3. The highest BCUT2D eigenvalue weighted by atomic mass is 15.1. The largest absolute Gasteiger partial charge is 0.397 e. The molecule has 3 heteroatoms. The van der Waals surface area contributed by atoms with Gasteiger partial charge in [0.25, 0.3) is 0 Å². The molecule has 2 rings (SSSR count). The van der Waals surface area contributed by atoms with E-state index < -0.39 is 0 Å². The minimum absolute atomic E-state index is 0.689. The second-order valence-electron chi connectivity index (χ2n) is 3.68. The van der Waals surface area contributed by atoms with Crippen LogP contribution in [-0.2, 0) is 0 Å². The van der Waals surface area contributed by atoms with E-state index in [0.29, 0.717) is 11.5 Å². The Bertz CT molecular complexity index is 506. The normalized spacial score (nSPS) is 9.65. The maximum Gasteiger partial charge on any atom is 0.100 e. The first-order valence-electron chi connectivity index (χ1n) is 5.38. The molecule has 0 unspecified atom stereocenters. The fourth-order valence-corrected chi connectivity index (χ4v) is 1.50. The SMILES string of the molecule is C=C(Nc1ccccc1)Nc1ccccc1N. The Morgan fingerprint density at radius 1 is 0.882 bits per heavy atom. The van der Waals surface area contributed by atoms with Crippen LogP contribution in [0.15, 0.2) is 67.0 Å². The number of benzene rings is 2. The molecule has 3 nitrogen and oxygen atoms in total. The van der Waals surface area contributed by atoms with E-state index in [9.17, 15) is 0 Å². The van der Waals surface area contributed by atoms with Crippen LogP contribution < -0.4 is 16.4 Å². The third kappa shape index (κ3) is 3.01. The number of nitrogen functional groups attached to an aromatic ring is 1. The lowest BCUT2D eigenvalue weighted by molar-refractivity contribution is 1.38. The highest BCUT2D eigenvalue weighted by molar-refractivity contribution is 5.68. The van der Waals surface area contributed by atoms with Crippen molar-refractivity contribution in [1.29, 1.82) is 0 Å². The second-order valence-corrected chi connectivity index (χ2v) is 3.68. The molecule has 0 aliphatic heterocycles. The van der Waals surface area contributed by atoms with Crippen LogP contribution in [0.1, 0.15) is 0 Å². The van der Waals surface area contributed by atoms with Gasteiger partial charge >= 0.3 is 0 Å². The minimum Gasteiger partial charge on any atom is -0.397 e. The molecule has 0 aromatic heterocycles. The molecule has 86 valence electrons. The summed E-state index contributed by atoms with van der Waals surface area (Å²) in [5, 5.41) is 6.28. The summed E-state index contributed by atoms with van der Waals surface area (Å²) in [7, 11) is 0. The van der Waals surface area contributed by atoms with Gasteiger partial charge in [0.05, 0.1) is 11.4 Å². The van der Waals surface area contributed by atoms with Crippen molar-refractivity contribution in [3.05, 3.63) is 67.0 Å². The van der Waals surface area contributed by atoms with E-state index in [1.165, 1.54) is 0 Å². The summed E-state index contributed by atoms with van der Waals surface area (Å²) < 4.78 is 0. The first-order chi connectivity index (χ1) is 8.25. The van der Waals surface area contributed by atoms with Crippen LogP contribution in [0.25, 0.3) is 0 Å². The molecule has 0 spiro atoms. The monoisotopic (exact) mass is 225 g/mol. The van der Waals surface area contributed by atoms with Crippen LogP contribution in [0, 0.1) is 0 Å². The van der Waals surface area contributed by atoms with Gasteiger partial charge in [-0.1, -0.05) is 36.9 Å². The van der Waals surface area contributed by atoms with Crippen molar-refractivity contribution in [3.8, 4) is 0 Å². The van der Waals surface area contributed by atoms with E-state index >= 15 is 0 Å². The summed E-state index contributed by atoms with van der Waals surface area (Å²) in [6.07, 6.45) is 0. The number of hydrogen-bond acceptors (Lipinski definition) is 3. The maximum atomic E-state index is 5.83. The van der Waals surface area contributed by atoms with Gasteiger partial charge in [0, 0.05) is 5.69 Å². The molecule has 0 saturated carbocycles. The molecule has 4 N–H and O–H groups in total. The smallest absolute Gasteiger partial charge is 0.100 e. The van der Waals surface area contributed by atoms with Crippen molar-refractivity contribution < 1.29 is 0 Å². The van der Waals surface area contributed by atoms with E-state index in [4.69, 9.17) is 5.73 Å². The Labute approximate surface area is 101 Å². The zero-order valence-electron chi connectivity index (χ0n) is 9.48. The molecule has 0 aliphatic carbocycles. The summed E-state index contributed by atoms with van der Waals surface area (Å²) >= 11 is 0. The molecule has 0 saturated heterocycles. The Kier molecular flexibility index (Phi) is 3.31. The van der Waals surface area contributed by atoms with Crippen LogP contribution >= 0.6 is 0 Å². The number of rotatable bonds is 4. The second kappa shape index (κ2) is 5.07. The third-order valence-electron chi connectivity index (χ3n) is 2.32. The van der Waals surface area contributed by atoms with Crippen LogP contribution in [0.4, 0.5) is 17.1 Å². The van der Waals surface area contributed by atoms with E-state index in [1.807, 2.05) is 54.6 Å². The van der Waals surface area contributed by atoms with E-state index in [-0.39, 0.29) is 0 Å². The predicted octanol–water partition coefficient (Wildman–Crippen LogP) is 3.26. The van der Waals surface area contributed by atoms with Crippen molar-refractivity contribution in [3.63, 3.8) is 0 Å². The Hall–Kier alpha value is -2.42. The van der Waals surface area contributed by atoms with E-state index in [1.54, 1.807) is 0 Å². The van der Waals surface area contributed by atoms with Gasteiger partial charge < -0.3 is 16.4 Å². The fraction of sp³-hybridized carbons (Fsp3) is 0. The predicted molar refractivity (Wildman–Crippen MR) is 73.7 cm³/mol. The molecule has 0 bridgehead atoms. The quantitative estimate of drug-likeness (QED) is 0.700. The first kappa shape index (κ1) is 11.1. The van der Waals surface area contributed by atoms with Crippen LogP contribution in [0.5, 0.6) is 0 Å². The van der Waals surface area contributed by atoms with Crippen LogP contribution in [-0.4, -0.2) is 0 Å². The maximum absolute atomic E-state index is 5.83. The number of para-hydroxylation sites is 3. The Balaban J connectivity index is 2.01. The van der Waals surface area contributed by atoms with Gasteiger partial charge in [-0.15, -0.1) is 0 Å². The van der Waals surface area contributed by atoms with E-state index in [2.05, 4.69) is 17.2 Å². The number of anilines is 3. The molecule has 0 heterocycles.